The zero-order valence-electron chi connectivity index (χ0n) is 18.5. The minimum absolute atomic E-state index is 0.0476. The fourth-order valence-corrected chi connectivity index (χ4v) is 4.06. The van der Waals surface area contributed by atoms with Gasteiger partial charge in [0.2, 0.25) is 0 Å². The molecule has 0 spiro atoms. The average Bonchev–Trinajstić information content (AvgIpc) is 2.87. The van der Waals surface area contributed by atoms with E-state index in [0.717, 1.165) is 44.2 Å². The smallest absolute Gasteiger partial charge is 0.254 e. The zero-order chi connectivity index (χ0) is 22.8. The average molecular weight is 434 g/mol. The van der Waals surface area contributed by atoms with Gasteiger partial charge in [0.05, 0.1) is 23.9 Å². The molecule has 0 bridgehead atoms. The molecule has 0 saturated carbocycles. The van der Waals surface area contributed by atoms with E-state index in [1.54, 1.807) is 24.4 Å². The number of carbonyl (C=O) groups is 1. The summed E-state index contributed by atoms with van der Waals surface area (Å²) < 4.78 is 5.31. The first-order valence-corrected chi connectivity index (χ1v) is 10.7. The van der Waals surface area contributed by atoms with Crippen molar-refractivity contribution in [3.05, 3.63) is 102 Å². The van der Waals surface area contributed by atoms with Gasteiger partial charge < -0.3 is 9.64 Å². The molecule has 5 heteroatoms. The summed E-state index contributed by atoms with van der Waals surface area (Å²) in [7, 11) is 3.50. The summed E-state index contributed by atoms with van der Waals surface area (Å²) in [6.07, 6.45) is 3.49. The van der Waals surface area contributed by atoms with Gasteiger partial charge in [-0.25, -0.2) is 4.98 Å². The Hall–Kier alpha value is -4.25. The Kier molecular flexibility index (Phi) is 5.45. The fourth-order valence-electron chi connectivity index (χ4n) is 4.06. The topological polar surface area (TPSA) is 55.3 Å². The molecule has 0 aliphatic heterocycles. The SMILES string of the molecule is COc1ccc2cc(CN(C)C(=O)c3cc(-c4cccnc4)nc4ccccc34)ccc2c1. The van der Waals surface area contributed by atoms with Crippen LogP contribution in [0.5, 0.6) is 5.75 Å². The summed E-state index contributed by atoms with van der Waals surface area (Å²) in [5.74, 6) is 0.782. The Balaban J connectivity index is 1.48. The van der Waals surface area contributed by atoms with Gasteiger partial charge in [-0.2, -0.15) is 0 Å². The number of benzene rings is 3. The van der Waals surface area contributed by atoms with Crippen molar-refractivity contribution in [3.63, 3.8) is 0 Å². The minimum Gasteiger partial charge on any atom is -0.497 e. The van der Waals surface area contributed by atoms with Crippen molar-refractivity contribution in [2.45, 2.75) is 6.54 Å². The van der Waals surface area contributed by atoms with E-state index >= 15 is 0 Å². The summed E-state index contributed by atoms with van der Waals surface area (Å²) in [5.41, 5.74) is 4.10. The highest BCUT2D eigenvalue weighted by atomic mass is 16.5. The molecule has 5 nitrogen and oxygen atoms in total. The molecule has 2 aromatic heterocycles. The quantitative estimate of drug-likeness (QED) is 0.355. The van der Waals surface area contributed by atoms with Crippen molar-refractivity contribution in [3.8, 4) is 17.0 Å². The van der Waals surface area contributed by atoms with Crippen LogP contribution in [-0.2, 0) is 6.54 Å². The number of ether oxygens (including phenoxy) is 1. The molecule has 0 atom stereocenters. The third-order valence-electron chi connectivity index (χ3n) is 5.78. The molecule has 0 aliphatic rings. The Morgan fingerprint density at radius 3 is 2.58 bits per heavy atom. The number of hydrogen-bond acceptors (Lipinski definition) is 4. The second-order valence-electron chi connectivity index (χ2n) is 8.02. The summed E-state index contributed by atoms with van der Waals surface area (Å²) in [4.78, 5) is 24.3. The highest BCUT2D eigenvalue weighted by Gasteiger charge is 2.18. The lowest BCUT2D eigenvalue weighted by molar-refractivity contribution is 0.0787. The van der Waals surface area contributed by atoms with E-state index in [1.165, 1.54) is 0 Å². The van der Waals surface area contributed by atoms with Crippen molar-refractivity contribution in [2.75, 3.05) is 14.2 Å². The van der Waals surface area contributed by atoms with Crippen LogP contribution in [0.15, 0.2) is 91.3 Å². The molecule has 0 saturated heterocycles. The van der Waals surface area contributed by atoms with Gasteiger partial charge in [0.1, 0.15) is 5.75 Å². The summed E-state index contributed by atoms with van der Waals surface area (Å²) >= 11 is 0. The molecule has 3 aromatic carbocycles. The standard InChI is InChI=1S/C28H23N3O2/c1-31(18-19-9-10-21-15-23(33-2)12-11-20(21)14-19)28(32)25-16-27(22-6-5-13-29-17-22)30-26-8-4-3-7-24(25)26/h3-17H,18H2,1-2H3. The number of nitrogens with zero attached hydrogens (tertiary/aromatic N) is 3. The molecule has 2 heterocycles. The van der Waals surface area contributed by atoms with E-state index in [2.05, 4.69) is 23.2 Å². The first-order chi connectivity index (χ1) is 16.1. The molecular formula is C28H23N3O2. The van der Waals surface area contributed by atoms with Crippen LogP contribution in [0, 0.1) is 0 Å². The molecular weight excluding hydrogens is 410 g/mol. The number of methoxy groups -OCH3 is 1. The van der Waals surface area contributed by atoms with Crippen molar-refractivity contribution in [2.24, 2.45) is 0 Å². The molecule has 1 amide bonds. The molecule has 0 N–H and O–H groups in total. The zero-order valence-corrected chi connectivity index (χ0v) is 18.5. The number of para-hydroxylation sites is 1. The van der Waals surface area contributed by atoms with Gasteiger partial charge in [-0.05, 0) is 58.8 Å². The van der Waals surface area contributed by atoms with E-state index in [9.17, 15) is 4.79 Å². The van der Waals surface area contributed by atoms with Crippen LogP contribution in [0.25, 0.3) is 32.9 Å². The lowest BCUT2D eigenvalue weighted by atomic mass is 10.0. The molecule has 5 aromatic rings. The molecule has 0 fully saturated rings. The number of fused-ring (bicyclic) bond motifs is 2. The normalized spacial score (nSPS) is 11.0. The van der Waals surface area contributed by atoms with E-state index < -0.39 is 0 Å². The lowest BCUT2D eigenvalue weighted by Crippen LogP contribution is -2.26. The number of hydrogen-bond donors (Lipinski definition) is 0. The molecule has 0 radical (unpaired) electrons. The molecule has 0 unspecified atom stereocenters. The van der Waals surface area contributed by atoms with Gasteiger partial charge >= 0.3 is 0 Å². The second-order valence-corrected chi connectivity index (χ2v) is 8.02. The van der Waals surface area contributed by atoms with Crippen molar-refractivity contribution in [1.82, 2.24) is 14.9 Å². The maximum absolute atomic E-state index is 13.6. The summed E-state index contributed by atoms with van der Waals surface area (Å²) in [6.45, 7) is 0.500. The number of carbonyl (C=O) groups excluding carboxylic acids is 1. The third-order valence-corrected chi connectivity index (χ3v) is 5.78. The fraction of sp³-hybridized carbons (Fsp3) is 0.107. The third kappa shape index (κ3) is 4.13. The van der Waals surface area contributed by atoms with E-state index in [1.807, 2.05) is 67.7 Å². The van der Waals surface area contributed by atoms with Crippen LogP contribution in [0.4, 0.5) is 0 Å². The first-order valence-electron chi connectivity index (χ1n) is 10.7. The summed E-state index contributed by atoms with van der Waals surface area (Å²) in [5, 5.41) is 3.06. The monoisotopic (exact) mass is 433 g/mol. The Morgan fingerprint density at radius 1 is 0.939 bits per heavy atom. The summed E-state index contributed by atoms with van der Waals surface area (Å²) in [6, 6.07) is 25.7. The predicted octanol–water partition coefficient (Wildman–Crippen LogP) is 5.73. The number of rotatable bonds is 5. The van der Waals surface area contributed by atoms with Crippen LogP contribution in [0.2, 0.25) is 0 Å². The van der Waals surface area contributed by atoms with Crippen molar-refractivity contribution in [1.29, 1.82) is 0 Å². The predicted molar refractivity (Wildman–Crippen MR) is 131 cm³/mol. The lowest BCUT2D eigenvalue weighted by Gasteiger charge is -2.19. The largest absolute Gasteiger partial charge is 0.497 e. The van der Waals surface area contributed by atoms with Gasteiger partial charge in [-0.15, -0.1) is 0 Å². The van der Waals surface area contributed by atoms with E-state index in [4.69, 9.17) is 9.72 Å². The van der Waals surface area contributed by atoms with Gasteiger partial charge in [0, 0.05) is 36.9 Å². The van der Waals surface area contributed by atoms with Crippen LogP contribution < -0.4 is 4.74 Å². The van der Waals surface area contributed by atoms with Crippen molar-refractivity contribution < 1.29 is 9.53 Å². The highest BCUT2D eigenvalue weighted by Crippen LogP contribution is 2.26. The van der Waals surface area contributed by atoms with E-state index in [-0.39, 0.29) is 5.91 Å². The number of aromatic nitrogens is 2. The molecule has 33 heavy (non-hydrogen) atoms. The van der Waals surface area contributed by atoms with Crippen LogP contribution in [0.3, 0.4) is 0 Å². The number of pyridine rings is 2. The highest BCUT2D eigenvalue weighted by molar-refractivity contribution is 6.07. The maximum Gasteiger partial charge on any atom is 0.254 e. The Morgan fingerprint density at radius 2 is 1.76 bits per heavy atom. The van der Waals surface area contributed by atoms with Gasteiger partial charge in [-0.3, -0.25) is 9.78 Å². The Bertz CT molecular complexity index is 1460. The van der Waals surface area contributed by atoms with Gasteiger partial charge in [0.15, 0.2) is 0 Å². The Labute approximate surface area is 192 Å². The van der Waals surface area contributed by atoms with Crippen LogP contribution >= 0.6 is 0 Å². The molecule has 0 aliphatic carbocycles. The van der Waals surface area contributed by atoms with Gasteiger partial charge in [-0.1, -0.05) is 36.4 Å². The minimum atomic E-state index is -0.0476. The second kappa shape index (κ2) is 8.71. The number of amides is 1. The molecule has 162 valence electrons. The maximum atomic E-state index is 13.6. The van der Waals surface area contributed by atoms with E-state index in [0.29, 0.717) is 12.1 Å². The van der Waals surface area contributed by atoms with Crippen molar-refractivity contribution >= 4 is 27.6 Å². The first kappa shape index (κ1) is 20.6. The van der Waals surface area contributed by atoms with Crippen LogP contribution in [-0.4, -0.2) is 34.9 Å². The van der Waals surface area contributed by atoms with Crippen LogP contribution in [0.1, 0.15) is 15.9 Å². The molecule has 5 rings (SSSR count). The van der Waals surface area contributed by atoms with Gasteiger partial charge in [0.25, 0.3) is 5.91 Å².